The fraction of sp³-hybridized carbons (Fsp3) is 0.355. The van der Waals surface area contributed by atoms with Crippen LogP contribution in [0.1, 0.15) is 47.6 Å². The Morgan fingerprint density at radius 1 is 0.889 bits per heavy atom. The van der Waals surface area contributed by atoms with E-state index in [0.717, 1.165) is 46.4 Å². The van der Waals surface area contributed by atoms with Gasteiger partial charge in [0.2, 0.25) is 11.8 Å². The maximum Gasteiger partial charge on any atom is 0.243 e. The monoisotopic (exact) mass is 486 g/mol. The number of hydrogen-bond acceptors (Lipinski definition) is 3. The van der Waals surface area contributed by atoms with Crippen molar-refractivity contribution in [2.75, 3.05) is 13.7 Å². The van der Waals surface area contributed by atoms with Crippen LogP contribution in [0.2, 0.25) is 0 Å². The zero-order valence-corrected chi connectivity index (χ0v) is 21.9. The minimum Gasteiger partial charge on any atom is -0.497 e. The summed E-state index contributed by atoms with van der Waals surface area (Å²) in [6, 6.07) is 23.1. The van der Waals surface area contributed by atoms with Crippen LogP contribution in [0.4, 0.5) is 0 Å². The van der Waals surface area contributed by atoms with Crippen LogP contribution in [0.3, 0.4) is 0 Å². The molecule has 0 aliphatic heterocycles. The van der Waals surface area contributed by atoms with Crippen molar-refractivity contribution in [3.05, 3.63) is 101 Å². The first kappa shape index (κ1) is 27.0. The molecule has 5 heteroatoms. The molecule has 0 saturated heterocycles. The van der Waals surface area contributed by atoms with Gasteiger partial charge in [-0.2, -0.15) is 0 Å². The Labute approximate surface area is 215 Å². The van der Waals surface area contributed by atoms with Gasteiger partial charge >= 0.3 is 0 Å². The molecular formula is C31H38N2O3. The summed E-state index contributed by atoms with van der Waals surface area (Å²) in [4.78, 5) is 29.1. The first-order valence-corrected chi connectivity index (χ1v) is 12.7. The lowest BCUT2D eigenvalue weighted by atomic mass is 10.00. The van der Waals surface area contributed by atoms with Gasteiger partial charge in [0.25, 0.3) is 0 Å². The van der Waals surface area contributed by atoms with E-state index >= 15 is 0 Å². The minimum atomic E-state index is -0.631. The van der Waals surface area contributed by atoms with Crippen molar-refractivity contribution < 1.29 is 14.3 Å². The van der Waals surface area contributed by atoms with Gasteiger partial charge in [-0.1, -0.05) is 85.1 Å². The van der Waals surface area contributed by atoms with Gasteiger partial charge in [0, 0.05) is 19.5 Å². The highest BCUT2D eigenvalue weighted by atomic mass is 16.5. The maximum absolute atomic E-state index is 13.9. The summed E-state index contributed by atoms with van der Waals surface area (Å²) in [6.45, 7) is 7.08. The second kappa shape index (κ2) is 13.5. The lowest BCUT2D eigenvalue weighted by Crippen LogP contribution is -2.51. The molecule has 36 heavy (non-hydrogen) atoms. The van der Waals surface area contributed by atoms with Crippen molar-refractivity contribution in [1.29, 1.82) is 0 Å². The SMILES string of the molecule is CCCCNC(=O)[C@@H](Cc1ccccc1)N(Cc1cccc(OC)c1)C(=O)Cc1cc(C)cc(C)c1. The number of methoxy groups -OCH3 is 1. The molecule has 0 saturated carbocycles. The number of unbranched alkanes of at least 4 members (excludes halogenated alkanes) is 1. The van der Waals surface area contributed by atoms with E-state index in [0.29, 0.717) is 19.5 Å². The molecular weight excluding hydrogens is 448 g/mol. The largest absolute Gasteiger partial charge is 0.497 e. The normalized spacial score (nSPS) is 11.6. The fourth-order valence-corrected chi connectivity index (χ4v) is 4.47. The van der Waals surface area contributed by atoms with E-state index in [4.69, 9.17) is 4.74 Å². The van der Waals surface area contributed by atoms with Crippen molar-refractivity contribution in [1.82, 2.24) is 10.2 Å². The molecule has 0 unspecified atom stereocenters. The van der Waals surface area contributed by atoms with Crippen LogP contribution < -0.4 is 10.1 Å². The molecule has 0 aromatic heterocycles. The van der Waals surface area contributed by atoms with Crippen molar-refractivity contribution in [3.63, 3.8) is 0 Å². The van der Waals surface area contributed by atoms with Crippen molar-refractivity contribution in [2.45, 2.75) is 59.0 Å². The Kier molecular flexibility index (Phi) is 10.1. The van der Waals surface area contributed by atoms with E-state index in [9.17, 15) is 9.59 Å². The van der Waals surface area contributed by atoms with E-state index in [2.05, 4.69) is 18.3 Å². The van der Waals surface area contributed by atoms with E-state index in [1.165, 1.54) is 0 Å². The van der Waals surface area contributed by atoms with E-state index in [1.807, 2.05) is 80.6 Å². The quantitative estimate of drug-likeness (QED) is 0.348. The highest BCUT2D eigenvalue weighted by molar-refractivity contribution is 5.88. The summed E-state index contributed by atoms with van der Waals surface area (Å²) in [7, 11) is 1.63. The van der Waals surface area contributed by atoms with Crippen LogP contribution in [0, 0.1) is 13.8 Å². The first-order chi connectivity index (χ1) is 17.4. The zero-order valence-electron chi connectivity index (χ0n) is 21.9. The molecule has 3 rings (SSSR count). The molecule has 0 fully saturated rings. The molecule has 2 amide bonds. The van der Waals surface area contributed by atoms with Crippen LogP contribution >= 0.6 is 0 Å². The molecule has 1 N–H and O–H groups in total. The van der Waals surface area contributed by atoms with Crippen LogP contribution in [0.25, 0.3) is 0 Å². The Bertz CT molecular complexity index is 1120. The number of hydrogen-bond donors (Lipinski definition) is 1. The predicted octanol–water partition coefficient (Wildman–Crippen LogP) is 5.41. The molecule has 190 valence electrons. The van der Waals surface area contributed by atoms with E-state index in [1.54, 1.807) is 12.0 Å². The molecule has 3 aromatic rings. The molecule has 0 spiro atoms. The molecule has 0 bridgehead atoms. The van der Waals surface area contributed by atoms with E-state index in [-0.39, 0.29) is 18.2 Å². The molecule has 0 heterocycles. The number of benzene rings is 3. The topological polar surface area (TPSA) is 58.6 Å². The average molecular weight is 487 g/mol. The minimum absolute atomic E-state index is 0.0746. The number of ether oxygens (including phenoxy) is 1. The Morgan fingerprint density at radius 2 is 1.58 bits per heavy atom. The number of amides is 2. The van der Waals surface area contributed by atoms with Crippen LogP contribution in [0.15, 0.2) is 72.8 Å². The van der Waals surface area contributed by atoms with Gasteiger partial charge in [-0.3, -0.25) is 9.59 Å². The summed E-state index contributed by atoms with van der Waals surface area (Å²) in [5.74, 6) is 0.527. The third-order valence-corrected chi connectivity index (χ3v) is 6.22. The molecule has 3 aromatic carbocycles. The maximum atomic E-state index is 13.9. The lowest BCUT2D eigenvalue weighted by Gasteiger charge is -2.32. The Balaban J connectivity index is 1.97. The molecule has 0 aliphatic rings. The summed E-state index contributed by atoms with van der Waals surface area (Å²) < 4.78 is 5.41. The summed E-state index contributed by atoms with van der Waals surface area (Å²) in [5, 5.41) is 3.07. The fourth-order valence-electron chi connectivity index (χ4n) is 4.47. The smallest absolute Gasteiger partial charge is 0.243 e. The zero-order chi connectivity index (χ0) is 25.9. The molecule has 5 nitrogen and oxygen atoms in total. The number of aryl methyl sites for hydroxylation is 2. The van der Waals surface area contributed by atoms with Gasteiger partial charge in [-0.25, -0.2) is 0 Å². The van der Waals surface area contributed by atoms with Gasteiger partial charge in [-0.15, -0.1) is 0 Å². The van der Waals surface area contributed by atoms with Gasteiger partial charge in [-0.05, 0) is 49.1 Å². The molecule has 0 aliphatic carbocycles. The first-order valence-electron chi connectivity index (χ1n) is 12.7. The standard InChI is InChI=1S/C31H38N2O3/c1-5-6-15-32-31(35)29(20-25-11-8-7-9-12-25)33(22-26-13-10-14-28(19-26)36-4)30(34)21-27-17-23(2)16-24(3)18-27/h7-14,16-19,29H,5-6,15,20-22H2,1-4H3,(H,32,35)/t29-/m1/s1. The summed E-state index contributed by atoms with van der Waals surface area (Å²) in [5.41, 5.74) is 5.13. The second-order valence-corrected chi connectivity index (χ2v) is 9.40. The third-order valence-electron chi connectivity index (χ3n) is 6.22. The number of nitrogens with zero attached hydrogens (tertiary/aromatic N) is 1. The van der Waals surface area contributed by atoms with Crippen molar-refractivity contribution in [3.8, 4) is 5.75 Å². The highest BCUT2D eigenvalue weighted by Crippen LogP contribution is 2.20. The van der Waals surface area contributed by atoms with E-state index < -0.39 is 6.04 Å². The van der Waals surface area contributed by atoms with Crippen LogP contribution in [0.5, 0.6) is 5.75 Å². The Hall–Kier alpha value is -3.60. The van der Waals surface area contributed by atoms with Crippen molar-refractivity contribution >= 4 is 11.8 Å². The van der Waals surface area contributed by atoms with Crippen molar-refractivity contribution in [2.24, 2.45) is 0 Å². The number of carbonyl (C=O) groups is 2. The lowest BCUT2D eigenvalue weighted by molar-refractivity contribution is -0.140. The van der Waals surface area contributed by atoms with Gasteiger partial charge in [0.05, 0.1) is 13.5 Å². The predicted molar refractivity (Wildman–Crippen MR) is 145 cm³/mol. The highest BCUT2D eigenvalue weighted by Gasteiger charge is 2.30. The number of rotatable bonds is 12. The van der Waals surface area contributed by atoms with Crippen LogP contribution in [-0.4, -0.2) is 36.4 Å². The Morgan fingerprint density at radius 3 is 2.25 bits per heavy atom. The van der Waals surface area contributed by atoms with Crippen LogP contribution in [-0.2, 0) is 29.0 Å². The van der Waals surface area contributed by atoms with Gasteiger partial charge in [0.1, 0.15) is 11.8 Å². The third kappa shape index (κ3) is 7.98. The van der Waals surface area contributed by atoms with Gasteiger partial charge < -0.3 is 15.0 Å². The average Bonchev–Trinajstić information content (AvgIpc) is 2.86. The summed E-state index contributed by atoms with van der Waals surface area (Å²) >= 11 is 0. The summed E-state index contributed by atoms with van der Waals surface area (Å²) in [6.07, 6.45) is 2.57. The number of nitrogens with one attached hydrogen (secondary N) is 1. The number of carbonyl (C=O) groups excluding carboxylic acids is 2. The molecule has 1 atom stereocenters. The molecule has 0 radical (unpaired) electrons. The van der Waals surface area contributed by atoms with Gasteiger partial charge in [0.15, 0.2) is 0 Å². The second-order valence-electron chi connectivity index (χ2n) is 9.40.